The van der Waals surface area contributed by atoms with Crippen molar-refractivity contribution in [2.45, 2.75) is 38.0 Å². The fourth-order valence-electron chi connectivity index (χ4n) is 5.40. The van der Waals surface area contributed by atoms with Crippen LogP contribution in [0.2, 0.25) is 0 Å². The van der Waals surface area contributed by atoms with Gasteiger partial charge in [0.1, 0.15) is 17.6 Å². The number of fused-ring (bicyclic) bond motifs is 1. The van der Waals surface area contributed by atoms with E-state index in [0.717, 1.165) is 16.1 Å². The number of benzene rings is 2. The van der Waals surface area contributed by atoms with Crippen molar-refractivity contribution in [3.63, 3.8) is 0 Å². The van der Waals surface area contributed by atoms with Crippen molar-refractivity contribution >= 4 is 34.0 Å². The van der Waals surface area contributed by atoms with Crippen molar-refractivity contribution in [2.75, 3.05) is 33.9 Å². The molecule has 0 saturated carbocycles. The number of methoxy groups -OCH3 is 2. The van der Waals surface area contributed by atoms with E-state index in [1.54, 1.807) is 36.3 Å². The highest BCUT2D eigenvalue weighted by Crippen LogP contribution is 2.30. The molecule has 2 atom stereocenters. The van der Waals surface area contributed by atoms with E-state index in [2.05, 4.69) is 15.6 Å². The van der Waals surface area contributed by atoms with Crippen LogP contribution in [-0.2, 0) is 33.8 Å². The Hall–Kier alpha value is -4.78. The molecular formula is C31H33N5O7S. The van der Waals surface area contributed by atoms with E-state index in [0.29, 0.717) is 35.1 Å². The van der Waals surface area contributed by atoms with Gasteiger partial charge in [-0.05, 0) is 36.2 Å². The monoisotopic (exact) mass is 619 g/mol. The molecule has 4 bridgehead atoms. The second-order valence-electron chi connectivity index (χ2n) is 10.7. The predicted octanol–water partition coefficient (Wildman–Crippen LogP) is 2.37. The molecule has 0 radical (unpaired) electrons. The normalized spacial score (nSPS) is 19.1. The number of nitrogens with one attached hydrogen (secondary N) is 2. The van der Waals surface area contributed by atoms with Gasteiger partial charge in [-0.15, -0.1) is 11.3 Å². The summed E-state index contributed by atoms with van der Waals surface area (Å²) in [7, 11) is 3.08. The predicted molar refractivity (Wildman–Crippen MR) is 161 cm³/mol. The molecule has 7 heterocycles. The second-order valence-corrected chi connectivity index (χ2v) is 11.5. The van der Waals surface area contributed by atoms with Gasteiger partial charge in [-0.1, -0.05) is 6.07 Å². The third kappa shape index (κ3) is 6.57. The molecule has 3 amide bonds. The van der Waals surface area contributed by atoms with E-state index in [1.807, 2.05) is 34.3 Å². The summed E-state index contributed by atoms with van der Waals surface area (Å²) in [6, 6.07) is 10.2. The number of likely N-dealkylation sites (tertiary alicyclic amines) is 1. The lowest BCUT2D eigenvalue weighted by Gasteiger charge is -2.22. The Kier molecular flexibility index (Phi) is 8.55. The average Bonchev–Trinajstić information content (AvgIpc) is 3.73. The number of amides is 3. The van der Waals surface area contributed by atoms with Crippen LogP contribution >= 0.6 is 11.3 Å². The summed E-state index contributed by atoms with van der Waals surface area (Å²) >= 11 is 1.50. The van der Waals surface area contributed by atoms with Crippen molar-refractivity contribution in [1.29, 1.82) is 0 Å². The maximum Gasteiger partial charge on any atom is 0.258 e. The lowest BCUT2D eigenvalue weighted by atomic mass is 10.1. The van der Waals surface area contributed by atoms with Crippen LogP contribution in [0.1, 0.15) is 23.2 Å². The number of carbonyl (C=O) groups excluding carboxylic acids is 3. The van der Waals surface area contributed by atoms with Crippen molar-refractivity contribution in [3.8, 4) is 23.0 Å². The Bertz CT molecular complexity index is 1660. The molecule has 13 heteroatoms. The van der Waals surface area contributed by atoms with Crippen molar-refractivity contribution in [2.24, 2.45) is 0 Å². The number of aromatic nitrogens is 2. The number of nitrogens with zero attached hydrogens (tertiary/aromatic N) is 3. The maximum atomic E-state index is 13.3. The van der Waals surface area contributed by atoms with Gasteiger partial charge < -0.3 is 34.5 Å². The zero-order valence-electron chi connectivity index (χ0n) is 24.4. The van der Waals surface area contributed by atoms with E-state index >= 15 is 0 Å². The molecule has 44 heavy (non-hydrogen) atoms. The maximum absolute atomic E-state index is 13.3. The topological polar surface area (TPSA) is 133 Å². The summed E-state index contributed by atoms with van der Waals surface area (Å²) in [6.07, 6.45) is 4.14. The second kappa shape index (κ2) is 12.8. The van der Waals surface area contributed by atoms with E-state index in [-0.39, 0.29) is 56.8 Å². The first-order chi connectivity index (χ1) is 21.4. The molecule has 2 N–H and O–H groups in total. The highest BCUT2D eigenvalue weighted by atomic mass is 32.1. The summed E-state index contributed by atoms with van der Waals surface area (Å²) in [5.74, 6) is 1.36. The quantitative estimate of drug-likeness (QED) is 0.356. The molecule has 2 aromatic carbocycles. The summed E-state index contributed by atoms with van der Waals surface area (Å²) in [6.45, 7) is 0.552. The fraction of sp³-hybridized carbons (Fsp3) is 0.355. The van der Waals surface area contributed by atoms with Crippen molar-refractivity contribution in [1.82, 2.24) is 24.9 Å². The molecule has 230 valence electrons. The molecule has 2 aromatic heterocycles. The SMILES string of the molecule is COc1cc2ccc1CNC(=O)CCc1ccc(c(OC)c1)OCC(=O)N[C@@H]1CN(C(=O)Cc3cn4ccsc4n3)C[C@H]1O2. The number of aryl methyl sites for hydroxylation is 1. The standard InChI is InChI=1S/C31H33N5O7S/c1-40-25-13-22-6-5-20(25)14-32-28(37)8-4-19-3-7-24(26(11-19)41-2)42-18-29(38)34-23-16-36(17-27(23)43-22)30(39)12-21-15-35-9-10-44-31(35)33-21/h3,5-7,9-11,13,15,23,27H,4,8,12,14,16-18H2,1-2H3,(H,32,37)(H,34,38)/t23-,27-/m1/s1. The smallest absolute Gasteiger partial charge is 0.258 e. The van der Waals surface area contributed by atoms with Gasteiger partial charge in [0.05, 0.1) is 38.9 Å². The van der Waals surface area contributed by atoms with Gasteiger partial charge in [-0.2, -0.15) is 0 Å². The Morgan fingerprint density at radius 3 is 2.75 bits per heavy atom. The third-order valence-electron chi connectivity index (χ3n) is 7.69. The first-order valence-corrected chi connectivity index (χ1v) is 15.1. The molecule has 1 fully saturated rings. The molecular weight excluding hydrogens is 586 g/mol. The number of ether oxygens (including phenoxy) is 4. The number of thiazole rings is 1. The van der Waals surface area contributed by atoms with Crippen LogP contribution in [0.15, 0.2) is 54.2 Å². The number of hydrogen-bond acceptors (Lipinski definition) is 9. The lowest BCUT2D eigenvalue weighted by Crippen LogP contribution is -2.47. The zero-order chi connectivity index (χ0) is 30.6. The van der Waals surface area contributed by atoms with Crippen LogP contribution in [0.3, 0.4) is 0 Å². The molecule has 1 saturated heterocycles. The zero-order valence-corrected chi connectivity index (χ0v) is 25.2. The lowest BCUT2D eigenvalue weighted by molar-refractivity contribution is -0.130. The summed E-state index contributed by atoms with van der Waals surface area (Å²) in [4.78, 5) is 46.1. The van der Waals surface area contributed by atoms with E-state index in [4.69, 9.17) is 18.9 Å². The minimum absolute atomic E-state index is 0.105. The minimum Gasteiger partial charge on any atom is -0.496 e. The van der Waals surface area contributed by atoms with Gasteiger partial charge in [-0.25, -0.2) is 4.98 Å². The fourth-order valence-corrected chi connectivity index (χ4v) is 6.12. The summed E-state index contributed by atoms with van der Waals surface area (Å²) in [5.41, 5.74) is 2.37. The first kappa shape index (κ1) is 29.3. The summed E-state index contributed by atoms with van der Waals surface area (Å²) in [5, 5.41) is 7.89. The number of rotatable bonds is 4. The van der Waals surface area contributed by atoms with Gasteiger partial charge in [0, 0.05) is 48.9 Å². The number of imidazole rings is 1. The van der Waals surface area contributed by atoms with Crippen LogP contribution < -0.4 is 29.6 Å². The minimum atomic E-state index is -0.539. The molecule has 0 aliphatic carbocycles. The molecule has 0 unspecified atom stereocenters. The van der Waals surface area contributed by atoms with E-state index in [9.17, 15) is 14.4 Å². The van der Waals surface area contributed by atoms with Crippen LogP contribution in [0.4, 0.5) is 0 Å². The first-order valence-electron chi connectivity index (χ1n) is 14.3. The average molecular weight is 620 g/mol. The van der Waals surface area contributed by atoms with Crippen molar-refractivity contribution < 1.29 is 33.3 Å². The third-order valence-corrected chi connectivity index (χ3v) is 8.46. The Morgan fingerprint density at radius 2 is 1.93 bits per heavy atom. The Balaban J connectivity index is 1.24. The highest BCUT2D eigenvalue weighted by Gasteiger charge is 2.38. The number of carbonyl (C=O) groups is 3. The van der Waals surface area contributed by atoms with Crippen LogP contribution in [0, 0.1) is 0 Å². The Labute approximate surface area is 257 Å². The Morgan fingerprint density at radius 1 is 1.07 bits per heavy atom. The molecule has 5 aliphatic heterocycles. The van der Waals surface area contributed by atoms with Gasteiger partial charge in [-0.3, -0.25) is 18.8 Å². The van der Waals surface area contributed by atoms with Crippen LogP contribution in [0.25, 0.3) is 4.96 Å². The molecule has 0 spiro atoms. The molecule has 4 aromatic rings. The van der Waals surface area contributed by atoms with Crippen LogP contribution in [-0.4, -0.2) is 78.1 Å². The molecule has 12 nitrogen and oxygen atoms in total. The van der Waals surface area contributed by atoms with E-state index < -0.39 is 12.1 Å². The van der Waals surface area contributed by atoms with Gasteiger partial charge in [0.15, 0.2) is 23.1 Å². The largest absolute Gasteiger partial charge is 0.496 e. The van der Waals surface area contributed by atoms with Crippen LogP contribution in [0.5, 0.6) is 23.0 Å². The number of hydrogen-bond donors (Lipinski definition) is 2. The molecule has 9 rings (SSSR count). The summed E-state index contributed by atoms with van der Waals surface area (Å²) < 4.78 is 25.1. The van der Waals surface area contributed by atoms with Gasteiger partial charge >= 0.3 is 0 Å². The van der Waals surface area contributed by atoms with Gasteiger partial charge in [0.25, 0.3) is 5.91 Å². The van der Waals surface area contributed by atoms with Crippen molar-refractivity contribution in [3.05, 3.63) is 71.0 Å². The van der Waals surface area contributed by atoms with Gasteiger partial charge in [0.2, 0.25) is 11.8 Å². The van der Waals surface area contributed by atoms with E-state index in [1.165, 1.54) is 18.4 Å². The molecule has 5 aliphatic rings. The highest BCUT2D eigenvalue weighted by molar-refractivity contribution is 7.15.